The monoisotopic (exact) mass is 694 g/mol. The second kappa shape index (κ2) is 13.0. The lowest BCUT2D eigenvalue weighted by molar-refractivity contribution is -0.795. The number of oxime groups is 1. The number of carbonyl (C=O) groups excluding carboxylic acids is 2. The molecule has 0 radical (unpaired) electrons. The minimum Gasteiger partial charge on any atom is -0.724 e. The molecule has 6 N–H and O–H groups in total. The largest absolute Gasteiger partial charge is 0.724 e. The van der Waals surface area contributed by atoms with Gasteiger partial charge in [-0.2, -0.15) is 14.0 Å². The molecule has 2 aromatic heterocycles. The number of nitrogens with zero attached hydrogens (tertiary/aromatic N) is 5. The minimum atomic E-state index is -5.26. The third kappa shape index (κ3) is 7.30. The number of aromatic nitrogens is 3. The van der Waals surface area contributed by atoms with Crippen LogP contribution < -0.4 is 26.2 Å². The summed E-state index contributed by atoms with van der Waals surface area (Å²) in [4.78, 5) is 47.0. The van der Waals surface area contributed by atoms with Gasteiger partial charge < -0.3 is 36.0 Å². The molecule has 5 rings (SSSR count). The predicted molar refractivity (Wildman–Crippen MR) is 163 cm³/mol. The van der Waals surface area contributed by atoms with Crippen molar-refractivity contribution in [1.82, 2.24) is 20.0 Å². The van der Waals surface area contributed by atoms with Gasteiger partial charge in [0.05, 0.1) is 18.0 Å². The molecule has 47 heavy (non-hydrogen) atoms. The Labute approximate surface area is 272 Å². The smallest absolute Gasteiger partial charge is 0.351 e. The van der Waals surface area contributed by atoms with E-state index in [9.17, 15) is 32.5 Å². The quantitative estimate of drug-likeness (QED) is 0.0475. The lowest BCUT2D eigenvalue weighted by atomic mass is 9.84. The Hall–Kier alpha value is -4.37. The standard InChI is InChI=1S/C27H34N8O10S2/c1-27(2)22(24(37)35(27)45-47(40,41)42)31-23(36)21(18-13-46-26(29)30-18)32-44-20(25(38)39)12-43-17-8-9-19-14(10-17)11-34(33(19)3)16-6-4-15(28)5-7-16/h8-11,13,15-16,20,22H,4-7,12,28H2,1-3H3,(H4-,29,30,31,36,38,39,40,41,42)/b32-21-/t15?,16?,20-,22?/m0/s1. The van der Waals surface area contributed by atoms with Crippen LogP contribution in [0.25, 0.3) is 10.9 Å². The summed E-state index contributed by atoms with van der Waals surface area (Å²) in [6.07, 6.45) is 4.18. The van der Waals surface area contributed by atoms with Crippen molar-refractivity contribution in [2.75, 3.05) is 12.3 Å². The van der Waals surface area contributed by atoms with Crippen LogP contribution in [0.1, 0.15) is 51.3 Å². The second-order valence-corrected chi connectivity index (χ2v) is 13.6. The zero-order valence-corrected chi connectivity index (χ0v) is 27.2. The molecule has 3 aromatic rings. The van der Waals surface area contributed by atoms with Crippen molar-refractivity contribution >= 4 is 61.3 Å². The summed E-state index contributed by atoms with van der Waals surface area (Å²) in [6.45, 7) is 2.19. The molecule has 20 heteroatoms. The number of carbonyl (C=O) groups is 3. The summed E-state index contributed by atoms with van der Waals surface area (Å²) in [5.74, 6) is -3.12. The van der Waals surface area contributed by atoms with E-state index in [-0.39, 0.29) is 16.9 Å². The lowest BCUT2D eigenvalue weighted by Crippen LogP contribution is -2.76. The number of carboxylic acid groups (broad SMARTS) is 1. The second-order valence-electron chi connectivity index (χ2n) is 11.8. The number of rotatable bonds is 12. The zero-order valence-electron chi connectivity index (χ0n) is 25.6. The summed E-state index contributed by atoms with van der Waals surface area (Å²) in [5, 5.41) is 18.5. The average Bonchev–Trinajstić information content (AvgIpc) is 3.58. The normalized spacial score (nSPS) is 22.1. The Bertz CT molecular complexity index is 1830. The lowest BCUT2D eigenvalue weighted by Gasteiger charge is -2.51. The molecule has 2 fully saturated rings. The number of hydrogen-bond acceptors (Lipinski definition) is 14. The number of amides is 2. The Kier molecular flexibility index (Phi) is 9.42. The van der Waals surface area contributed by atoms with Crippen molar-refractivity contribution in [2.24, 2.45) is 17.9 Å². The number of benzene rings is 1. The summed E-state index contributed by atoms with van der Waals surface area (Å²) in [7, 11) is -3.30. The molecule has 2 amide bonds. The molecule has 2 atom stereocenters. The van der Waals surface area contributed by atoms with Gasteiger partial charge in [0, 0.05) is 24.3 Å². The van der Waals surface area contributed by atoms with Crippen molar-refractivity contribution in [2.45, 2.75) is 69.3 Å². The number of ether oxygens (including phenoxy) is 1. The summed E-state index contributed by atoms with van der Waals surface area (Å²) in [6, 6.07) is 4.53. The predicted octanol–water partition coefficient (Wildman–Crippen LogP) is -0.303. The number of hydrogen-bond donors (Lipinski definition) is 4. The van der Waals surface area contributed by atoms with Crippen LogP contribution in [0, 0.1) is 0 Å². The third-order valence-corrected chi connectivity index (χ3v) is 9.13. The molecule has 1 saturated heterocycles. The topological polar surface area (TPSA) is 258 Å². The number of nitrogens with one attached hydrogen (secondary N) is 1. The number of aryl methyl sites for hydroxylation is 1. The first kappa shape index (κ1) is 34.0. The average molecular weight is 695 g/mol. The first-order valence-electron chi connectivity index (χ1n) is 14.4. The molecule has 1 saturated carbocycles. The van der Waals surface area contributed by atoms with Gasteiger partial charge in [-0.3, -0.25) is 9.59 Å². The fourth-order valence-electron chi connectivity index (χ4n) is 5.54. The van der Waals surface area contributed by atoms with E-state index in [1.807, 2.05) is 19.3 Å². The maximum absolute atomic E-state index is 13.2. The number of fused-ring (bicyclic) bond motifs is 1. The van der Waals surface area contributed by atoms with Crippen LogP contribution in [-0.4, -0.2) is 86.6 Å². The van der Waals surface area contributed by atoms with E-state index < -0.39 is 58.2 Å². The summed E-state index contributed by atoms with van der Waals surface area (Å²) < 4.78 is 47.2. The number of β-lactam (4-membered cyclic amide) rings is 1. The van der Waals surface area contributed by atoms with Gasteiger partial charge >= 0.3 is 5.97 Å². The van der Waals surface area contributed by atoms with Crippen LogP contribution in [0.2, 0.25) is 0 Å². The Morgan fingerprint density at radius 1 is 1.30 bits per heavy atom. The number of nitrogen functional groups attached to an aromatic ring is 1. The number of nitrogens with two attached hydrogens (primary N) is 2. The van der Waals surface area contributed by atoms with Crippen LogP contribution in [0.3, 0.4) is 0 Å². The van der Waals surface area contributed by atoms with E-state index in [4.69, 9.17) is 21.0 Å². The van der Waals surface area contributed by atoms with E-state index in [0.717, 1.165) is 47.9 Å². The minimum absolute atomic E-state index is 0.0589. The highest BCUT2D eigenvalue weighted by Crippen LogP contribution is 2.33. The van der Waals surface area contributed by atoms with Gasteiger partial charge in [-0.25, -0.2) is 18.2 Å². The maximum atomic E-state index is 13.2. The Balaban J connectivity index is 1.29. The third-order valence-electron chi connectivity index (χ3n) is 8.13. The number of carboxylic acids is 1. The molecule has 0 bridgehead atoms. The fourth-order valence-corrected chi connectivity index (χ4v) is 6.54. The molecule has 1 aliphatic carbocycles. The molecule has 254 valence electrons. The van der Waals surface area contributed by atoms with Gasteiger partial charge in [-0.15, -0.1) is 16.0 Å². The van der Waals surface area contributed by atoms with Crippen LogP contribution in [0.15, 0.2) is 34.9 Å². The highest BCUT2D eigenvalue weighted by Gasteiger charge is 2.57. The van der Waals surface area contributed by atoms with Crippen molar-refractivity contribution in [3.05, 3.63) is 35.5 Å². The highest BCUT2D eigenvalue weighted by molar-refractivity contribution is 7.80. The van der Waals surface area contributed by atoms with Crippen molar-refractivity contribution in [3.63, 3.8) is 0 Å². The Morgan fingerprint density at radius 2 is 2.00 bits per heavy atom. The van der Waals surface area contributed by atoms with Crippen LogP contribution in [0.5, 0.6) is 5.75 Å². The number of aliphatic carboxylic acids is 1. The van der Waals surface area contributed by atoms with Crippen LogP contribution in [-0.2, 0) is 41.0 Å². The van der Waals surface area contributed by atoms with Crippen LogP contribution >= 0.6 is 11.3 Å². The summed E-state index contributed by atoms with van der Waals surface area (Å²) >= 11 is 0.960. The molecule has 3 heterocycles. The van der Waals surface area contributed by atoms with E-state index in [1.165, 1.54) is 19.2 Å². The first-order chi connectivity index (χ1) is 22.0. The molecule has 0 spiro atoms. The van der Waals surface area contributed by atoms with Gasteiger partial charge in [-0.05, 0) is 44.9 Å². The molecule has 1 unspecified atom stereocenters. The zero-order chi connectivity index (χ0) is 34.3. The van der Waals surface area contributed by atoms with E-state index in [2.05, 4.69) is 29.1 Å². The van der Waals surface area contributed by atoms with E-state index in [1.54, 1.807) is 12.1 Å². The van der Waals surface area contributed by atoms with Gasteiger partial charge in [0.25, 0.3) is 17.9 Å². The number of thiazole rings is 1. The molecule has 1 aliphatic heterocycles. The van der Waals surface area contributed by atoms with Gasteiger partial charge in [0.1, 0.15) is 29.6 Å². The Morgan fingerprint density at radius 3 is 2.60 bits per heavy atom. The van der Waals surface area contributed by atoms with E-state index >= 15 is 0 Å². The van der Waals surface area contributed by atoms with Crippen molar-refractivity contribution in [1.29, 1.82) is 0 Å². The van der Waals surface area contributed by atoms with Crippen molar-refractivity contribution < 1.29 is 51.0 Å². The highest BCUT2D eigenvalue weighted by atomic mass is 32.3. The van der Waals surface area contributed by atoms with Gasteiger partial charge in [0.15, 0.2) is 16.9 Å². The number of hydroxylamine groups is 2. The molecule has 18 nitrogen and oxygen atoms in total. The van der Waals surface area contributed by atoms with Crippen molar-refractivity contribution in [3.8, 4) is 5.75 Å². The molecule has 2 aliphatic rings. The first-order valence-corrected chi connectivity index (χ1v) is 16.6. The SMILES string of the molecule is Cn1c2ccc(OC[C@H](O/N=C(\C(=O)NC3C(=O)N(OS(=O)(=O)[O-])C3(C)C)c3csc(N)n3)C(=O)O)cc2c[n+]1C1CCC(N)CC1. The summed E-state index contributed by atoms with van der Waals surface area (Å²) in [5.41, 5.74) is 10.7. The number of anilines is 1. The molecular weight excluding hydrogens is 660 g/mol. The van der Waals surface area contributed by atoms with Gasteiger partial charge in [0.2, 0.25) is 16.6 Å². The molecular formula is C27H34N8O10S2. The van der Waals surface area contributed by atoms with Gasteiger partial charge in [-0.1, -0.05) is 5.16 Å². The molecule has 1 aromatic carbocycles. The maximum Gasteiger partial charge on any atom is 0.351 e. The fraction of sp³-hybridized carbons (Fsp3) is 0.481. The van der Waals surface area contributed by atoms with E-state index in [0.29, 0.717) is 16.9 Å². The van der Waals surface area contributed by atoms with Crippen LogP contribution in [0.4, 0.5) is 5.13 Å².